The van der Waals surface area contributed by atoms with Crippen LogP contribution in [0.3, 0.4) is 0 Å². The lowest BCUT2D eigenvalue weighted by Crippen LogP contribution is -2.36. The van der Waals surface area contributed by atoms with Crippen molar-refractivity contribution in [3.05, 3.63) is 48.0 Å². The minimum atomic E-state index is -0.680. The summed E-state index contributed by atoms with van der Waals surface area (Å²) in [6, 6.07) is 8.13. The molecule has 25 heavy (non-hydrogen) atoms. The van der Waals surface area contributed by atoms with Crippen molar-refractivity contribution in [3.8, 4) is 0 Å². The standard InChI is InChI=1S/C17H15FN4O2S/c18-15-9-11(3-4-19-15)16(23)20-12-1-2-13-14(10-12)25-17(21-13)22-5-7-24-8-6-22/h1-4,9-10H,5-8H2,(H,20,23). The molecule has 2 aromatic heterocycles. The van der Waals surface area contributed by atoms with Crippen LogP contribution >= 0.6 is 11.3 Å². The maximum absolute atomic E-state index is 13.1. The van der Waals surface area contributed by atoms with Gasteiger partial charge in [-0.15, -0.1) is 0 Å². The van der Waals surface area contributed by atoms with Crippen molar-refractivity contribution >= 4 is 38.3 Å². The lowest BCUT2D eigenvalue weighted by atomic mass is 10.2. The van der Waals surface area contributed by atoms with Crippen LogP contribution in [0.4, 0.5) is 15.2 Å². The van der Waals surface area contributed by atoms with Crippen LogP contribution in [0, 0.1) is 5.95 Å². The van der Waals surface area contributed by atoms with E-state index in [0.717, 1.165) is 34.5 Å². The summed E-state index contributed by atoms with van der Waals surface area (Å²) in [6.07, 6.45) is 1.27. The first-order chi connectivity index (χ1) is 12.2. The lowest BCUT2D eigenvalue weighted by molar-refractivity contribution is 0.102. The van der Waals surface area contributed by atoms with E-state index in [1.54, 1.807) is 17.4 Å². The molecule has 8 heteroatoms. The molecule has 3 heterocycles. The number of aromatic nitrogens is 2. The van der Waals surface area contributed by atoms with E-state index in [1.165, 1.54) is 12.3 Å². The smallest absolute Gasteiger partial charge is 0.255 e. The minimum absolute atomic E-state index is 0.228. The van der Waals surface area contributed by atoms with Crippen LogP contribution in [0.2, 0.25) is 0 Å². The van der Waals surface area contributed by atoms with Crippen LogP contribution in [-0.4, -0.2) is 42.2 Å². The lowest BCUT2D eigenvalue weighted by Gasteiger charge is -2.25. The first kappa shape index (κ1) is 15.9. The summed E-state index contributed by atoms with van der Waals surface area (Å²) in [6.45, 7) is 3.08. The second-order valence-corrected chi connectivity index (χ2v) is 6.61. The van der Waals surface area contributed by atoms with E-state index in [-0.39, 0.29) is 11.5 Å². The Hall–Kier alpha value is -2.58. The predicted octanol–water partition coefficient (Wildman–Crippen LogP) is 2.92. The highest BCUT2D eigenvalue weighted by Crippen LogP contribution is 2.31. The monoisotopic (exact) mass is 358 g/mol. The number of carbonyl (C=O) groups excluding carboxylic acids is 1. The number of hydrogen-bond acceptors (Lipinski definition) is 6. The molecule has 1 aliphatic heterocycles. The summed E-state index contributed by atoms with van der Waals surface area (Å²) in [5.41, 5.74) is 1.76. The van der Waals surface area contributed by atoms with Gasteiger partial charge in [0.1, 0.15) is 0 Å². The third-order valence-corrected chi connectivity index (χ3v) is 4.98. The molecule has 6 nitrogen and oxygen atoms in total. The molecule has 3 aromatic rings. The first-order valence-corrected chi connectivity index (χ1v) is 8.67. The van der Waals surface area contributed by atoms with Gasteiger partial charge in [0.2, 0.25) is 5.95 Å². The average Bonchev–Trinajstić information content (AvgIpc) is 3.06. The minimum Gasteiger partial charge on any atom is -0.378 e. The highest BCUT2D eigenvalue weighted by atomic mass is 32.1. The Morgan fingerprint density at radius 2 is 2.08 bits per heavy atom. The molecule has 0 saturated carbocycles. The van der Waals surface area contributed by atoms with Crippen LogP contribution in [0.5, 0.6) is 0 Å². The molecular weight excluding hydrogens is 343 g/mol. The number of morpholine rings is 1. The molecule has 0 spiro atoms. The Morgan fingerprint density at radius 1 is 1.24 bits per heavy atom. The highest BCUT2D eigenvalue weighted by Gasteiger charge is 2.16. The zero-order chi connectivity index (χ0) is 17.2. The fourth-order valence-electron chi connectivity index (χ4n) is 2.63. The maximum atomic E-state index is 13.1. The molecular formula is C17H15FN4O2S. The molecule has 0 aliphatic carbocycles. The van der Waals surface area contributed by atoms with E-state index in [0.29, 0.717) is 18.9 Å². The summed E-state index contributed by atoms with van der Waals surface area (Å²) in [5.74, 6) is -1.06. The van der Waals surface area contributed by atoms with E-state index in [4.69, 9.17) is 4.74 Å². The number of anilines is 2. The average molecular weight is 358 g/mol. The van der Waals surface area contributed by atoms with Crippen molar-refractivity contribution in [2.24, 2.45) is 0 Å². The van der Waals surface area contributed by atoms with E-state index >= 15 is 0 Å². The van der Waals surface area contributed by atoms with Gasteiger partial charge in [0.05, 0.1) is 23.4 Å². The van der Waals surface area contributed by atoms with Crippen LogP contribution in [0.15, 0.2) is 36.5 Å². The van der Waals surface area contributed by atoms with Crippen molar-refractivity contribution in [2.75, 3.05) is 36.5 Å². The summed E-state index contributed by atoms with van der Waals surface area (Å²) >= 11 is 1.58. The fraction of sp³-hybridized carbons (Fsp3) is 0.235. The number of nitrogens with zero attached hydrogens (tertiary/aromatic N) is 3. The van der Waals surface area contributed by atoms with Crippen LogP contribution in [0.25, 0.3) is 10.2 Å². The molecule has 0 radical (unpaired) electrons. The Morgan fingerprint density at radius 3 is 2.88 bits per heavy atom. The number of nitrogens with one attached hydrogen (secondary N) is 1. The van der Waals surface area contributed by atoms with E-state index in [9.17, 15) is 9.18 Å². The first-order valence-electron chi connectivity index (χ1n) is 7.85. The molecule has 4 rings (SSSR count). The molecule has 1 N–H and O–H groups in total. The quantitative estimate of drug-likeness (QED) is 0.729. The molecule has 1 aliphatic rings. The molecule has 128 valence electrons. The Labute approximate surface area is 147 Å². The number of fused-ring (bicyclic) bond motifs is 1. The number of hydrogen-bond donors (Lipinski definition) is 1. The summed E-state index contributed by atoms with van der Waals surface area (Å²) in [5, 5.41) is 3.73. The second-order valence-electron chi connectivity index (χ2n) is 5.60. The summed E-state index contributed by atoms with van der Waals surface area (Å²) in [7, 11) is 0. The fourth-order valence-corrected chi connectivity index (χ4v) is 3.68. The number of benzene rings is 1. The zero-order valence-electron chi connectivity index (χ0n) is 13.2. The maximum Gasteiger partial charge on any atom is 0.255 e. The van der Waals surface area contributed by atoms with Crippen molar-refractivity contribution in [1.82, 2.24) is 9.97 Å². The second kappa shape index (κ2) is 6.73. The van der Waals surface area contributed by atoms with Crippen molar-refractivity contribution < 1.29 is 13.9 Å². The van der Waals surface area contributed by atoms with Crippen LogP contribution in [-0.2, 0) is 4.74 Å². The molecule has 0 unspecified atom stereocenters. The number of rotatable bonds is 3. The van der Waals surface area contributed by atoms with Crippen LogP contribution in [0.1, 0.15) is 10.4 Å². The highest BCUT2D eigenvalue weighted by molar-refractivity contribution is 7.22. The van der Waals surface area contributed by atoms with Crippen molar-refractivity contribution in [1.29, 1.82) is 0 Å². The Bertz CT molecular complexity index is 924. The topological polar surface area (TPSA) is 67.4 Å². The number of halogens is 1. The molecule has 0 bridgehead atoms. The number of ether oxygens (including phenoxy) is 1. The van der Waals surface area contributed by atoms with Gasteiger partial charge in [0.25, 0.3) is 5.91 Å². The van der Waals surface area contributed by atoms with Gasteiger partial charge in [-0.2, -0.15) is 4.39 Å². The summed E-state index contributed by atoms with van der Waals surface area (Å²) in [4.78, 5) is 22.5. The van der Waals surface area contributed by atoms with Gasteiger partial charge in [-0.1, -0.05) is 11.3 Å². The van der Waals surface area contributed by atoms with Crippen molar-refractivity contribution in [3.63, 3.8) is 0 Å². The van der Waals surface area contributed by atoms with Gasteiger partial charge in [-0.25, -0.2) is 9.97 Å². The van der Waals surface area contributed by atoms with E-state index in [1.807, 2.05) is 12.1 Å². The molecule has 1 aromatic carbocycles. The number of pyridine rings is 1. The van der Waals surface area contributed by atoms with Gasteiger partial charge < -0.3 is 15.0 Å². The third-order valence-electron chi connectivity index (χ3n) is 3.91. The molecule has 1 amide bonds. The van der Waals surface area contributed by atoms with Gasteiger partial charge >= 0.3 is 0 Å². The predicted molar refractivity (Wildman–Crippen MR) is 94.8 cm³/mol. The zero-order valence-corrected chi connectivity index (χ0v) is 14.1. The molecule has 1 fully saturated rings. The molecule has 1 saturated heterocycles. The summed E-state index contributed by atoms with van der Waals surface area (Å²) < 4.78 is 19.5. The normalized spacial score (nSPS) is 14.7. The largest absolute Gasteiger partial charge is 0.378 e. The number of carbonyl (C=O) groups is 1. The SMILES string of the molecule is O=C(Nc1ccc2nc(N3CCOCC3)sc2c1)c1ccnc(F)c1. The Balaban J connectivity index is 1.55. The van der Waals surface area contributed by atoms with Crippen molar-refractivity contribution in [2.45, 2.75) is 0 Å². The molecule has 0 atom stereocenters. The van der Waals surface area contributed by atoms with Gasteiger partial charge in [-0.05, 0) is 24.3 Å². The number of thiazole rings is 1. The number of amides is 1. The van der Waals surface area contributed by atoms with E-state index < -0.39 is 5.95 Å². The third kappa shape index (κ3) is 3.45. The Kier molecular flexibility index (Phi) is 4.29. The van der Waals surface area contributed by atoms with Gasteiger partial charge in [0.15, 0.2) is 5.13 Å². The van der Waals surface area contributed by atoms with Gasteiger partial charge in [-0.3, -0.25) is 4.79 Å². The van der Waals surface area contributed by atoms with E-state index in [2.05, 4.69) is 20.2 Å². The van der Waals surface area contributed by atoms with Crippen LogP contribution < -0.4 is 10.2 Å². The van der Waals surface area contributed by atoms with Gasteiger partial charge in [0, 0.05) is 36.6 Å².